The molecule has 0 aromatic heterocycles. The first-order valence-electron chi connectivity index (χ1n) is 4.73. The number of aryl methyl sites for hydroxylation is 1. The lowest BCUT2D eigenvalue weighted by atomic mass is 10.0. The third-order valence-electron chi connectivity index (χ3n) is 2.30. The van der Waals surface area contributed by atoms with Crippen molar-refractivity contribution in [3.05, 3.63) is 34.9 Å². The molecule has 1 aromatic rings. The number of hydrogen-bond donors (Lipinski definition) is 2. The van der Waals surface area contributed by atoms with Gasteiger partial charge in [-0.2, -0.15) is 13.2 Å². The monoisotopic (exact) mass is 254 g/mol. The lowest BCUT2D eigenvalue weighted by Gasteiger charge is -2.20. The number of alkyl halides is 3. The number of nitrogens with two attached hydrogens (primary N) is 1. The zero-order valence-electron chi connectivity index (χ0n) is 8.91. The summed E-state index contributed by atoms with van der Waals surface area (Å²) in [6.07, 6.45) is -6.01. The second-order valence-corrected chi connectivity index (χ2v) is 3.63. The average molecular weight is 254 g/mol. The van der Waals surface area contributed by atoms with Crippen LogP contribution >= 0.6 is 0 Å². The molecule has 0 aliphatic rings. The van der Waals surface area contributed by atoms with Crippen molar-refractivity contribution < 1.29 is 22.0 Å². The second kappa shape index (κ2) is 4.97. The van der Waals surface area contributed by atoms with Gasteiger partial charge in [-0.15, -0.1) is 0 Å². The Morgan fingerprint density at radius 3 is 2.35 bits per heavy atom. The van der Waals surface area contributed by atoms with Crippen molar-refractivity contribution in [2.45, 2.75) is 25.6 Å². The molecule has 17 heavy (non-hydrogen) atoms. The third-order valence-corrected chi connectivity index (χ3v) is 2.30. The molecule has 7 heteroatoms. The van der Waals surface area contributed by atoms with E-state index in [0.717, 1.165) is 12.1 Å². The maximum Gasteiger partial charge on any atom is 0.390 e. The fourth-order valence-corrected chi connectivity index (χ4v) is 1.47. The lowest BCUT2D eigenvalue weighted by molar-refractivity contribution is -0.140. The summed E-state index contributed by atoms with van der Waals surface area (Å²) in [5.41, 5.74) is 1.15. The van der Waals surface area contributed by atoms with Crippen LogP contribution in [-0.4, -0.2) is 6.18 Å². The van der Waals surface area contributed by atoms with E-state index in [9.17, 15) is 22.0 Å². The van der Waals surface area contributed by atoms with Gasteiger partial charge in [-0.1, -0.05) is 6.07 Å². The molecular formula is C10H11F5N2. The number of rotatable bonds is 3. The van der Waals surface area contributed by atoms with Gasteiger partial charge in [0, 0.05) is 5.56 Å². The van der Waals surface area contributed by atoms with E-state index in [-0.39, 0.29) is 5.56 Å². The largest absolute Gasteiger partial charge is 0.390 e. The van der Waals surface area contributed by atoms with Crippen LogP contribution in [0.3, 0.4) is 0 Å². The van der Waals surface area contributed by atoms with Crippen molar-refractivity contribution in [3.8, 4) is 0 Å². The predicted molar refractivity (Wildman–Crippen MR) is 51.8 cm³/mol. The van der Waals surface area contributed by atoms with Crippen molar-refractivity contribution in [2.75, 3.05) is 0 Å². The van der Waals surface area contributed by atoms with Gasteiger partial charge in [0.25, 0.3) is 0 Å². The molecule has 1 atom stereocenters. The molecule has 0 bridgehead atoms. The predicted octanol–water partition coefficient (Wildman–Crippen LogP) is 2.73. The zero-order valence-corrected chi connectivity index (χ0v) is 8.91. The van der Waals surface area contributed by atoms with Gasteiger partial charge in [0.05, 0.1) is 12.5 Å². The molecule has 0 saturated heterocycles. The first kappa shape index (κ1) is 13.9. The first-order chi connectivity index (χ1) is 7.76. The molecule has 1 unspecified atom stereocenters. The van der Waals surface area contributed by atoms with Crippen LogP contribution in [-0.2, 0) is 0 Å². The highest BCUT2D eigenvalue weighted by molar-refractivity contribution is 5.29. The highest BCUT2D eigenvalue weighted by atomic mass is 19.4. The van der Waals surface area contributed by atoms with Crippen LogP contribution in [0.1, 0.15) is 23.6 Å². The molecule has 0 saturated carbocycles. The van der Waals surface area contributed by atoms with Gasteiger partial charge in [0.1, 0.15) is 11.6 Å². The van der Waals surface area contributed by atoms with E-state index >= 15 is 0 Å². The smallest absolute Gasteiger partial charge is 0.271 e. The van der Waals surface area contributed by atoms with Gasteiger partial charge in [-0.25, -0.2) is 8.78 Å². The minimum Gasteiger partial charge on any atom is -0.271 e. The normalized spacial score (nSPS) is 13.8. The SMILES string of the molecule is Cc1ccc(F)c(C(CC(F)(F)F)NN)c1F. The molecule has 0 aliphatic heterocycles. The Hall–Kier alpha value is -1.21. The fraction of sp³-hybridized carbons (Fsp3) is 0.400. The number of hydrazine groups is 1. The summed E-state index contributed by atoms with van der Waals surface area (Å²) in [5.74, 6) is 2.84. The van der Waals surface area contributed by atoms with Crippen LogP contribution in [0.2, 0.25) is 0 Å². The van der Waals surface area contributed by atoms with Crippen LogP contribution in [0.25, 0.3) is 0 Å². The summed E-state index contributed by atoms with van der Waals surface area (Å²) in [6, 6.07) is 0.416. The molecule has 2 nitrogen and oxygen atoms in total. The number of hydrogen-bond acceptors (Lipinski definition) is 2. The van der Waals surface area contributed by atoms with Gasteiger partial charge in [0.15, 0.2) is 0 Å². The van der Waals surface area contributed by atoms with E-state index in [0.29, 0.717) is 0 Å². The van der Waals surface area contributed by atoms with Crippen LogP contribution in [0.4, 0.5) is 22.0 Å². The number of nitrogens with one attached hydrogen (secondary N) is 1. The topological polar surface area (TPSA) is 38.0 Å². The van der Waals surface area contributed by atoms with E-state index < -0.39 is 35.8 Å². The minimum absolute atomic E-state index is 0.0591. The Bertz CT molecular complexity index is 402. The average Bonchev–Trinajstić information content (AvgIpc) is 2.21. The van der Waals surface area contributed by atoms with Gasteiger partial charge in [-0.05, 0) is 18.6 Å². The van der Waals surface area contributed by atoms with E-state index in [1.165, 1.54) is 6.92 Å². The highest BCUT2D eigenvalue weighted by Gasteiger charge is 2.34. The highest BCUT2D eigenvalue weighted by Crippen LogP contribution is 2.32. The van der Waals surface area contributed by atoms with Crippen molar-refractivity contribution in [3.63, 3.8) is 0 Å². The summed E-state index contributed by atoms with van der Waals surface area (Å²) in [4.78, 5) is 0. The van der Waals surface area contributed by atoms with Crippen molar-refractivity contribution in [1.29, 1.82) is 0 Å². The Labute approximate surface area is 94.6 Å². The maximum atomic E-state index is 13.6. The Morgan fingerprint density at radius 2 is 1.88 bits per heavy atom. The lowest BCUT2D eigenvalue weighted by Crippen LogP contribution is -2.33. The molecule has 0 aliphatic carbocycles. The quantitative estimate of drug-likeness (QED) is 0.494. The van der Waals surface area contributed by atoms with Crippen molar-refractivity contribution >= 4 is 0 Å². The van der Waals surface area contributed by atoms with Crippen LogP contribution in [0, 0.1) is 18.6 Å². The summed E-state index contributed by atoms with van der Waals surface area (Å²) >= 11 is 0. The molecule has 3 N–H and O–H groups in total. The zero-order chi connectivity index (χ0) is 13.2. The Balaban J connectivity index is 3.16. The second-order valence-electron chi connectivity index (χ2n) is 3.63. The fourth-order valence-electron chi connectivity index (χ4n) is 1.47. The maximum absolute atomic E-state index is 13.6. The molecular weight excluding hydrogens is 243 g/mol. The summed E-state index contributed by atoms with van der Waals surface area (Å²) in [6.45, 7) is 1.33. The summed E-state index contributed by atoms with van der Waals surface area (Å²) < 4.78 is 63.5. The van der Waals surface area contributed by atoms with Crippen LogP contribution in [0.5, 0.6) is 0 Å². The Morgan fingerprint density at radius 1 is 1.29 bits per heavy atom. The molecule has 0 amide bonds. The van der Waals surface area contributed by atoms with E-state index in [2.05, 4.69) is 0 Å². The third kappa shape index (κ3) is 3.37. The van der Waals surface area contributed by atoms with Crippen molar-refractivity contribution in [2.24, 2.45) is 5.84 Å². The molecule has 1 rings (SSSR count). The van der Waals surface area contributed by atoms with Crippen LogP contribution in [0.15, 0.2) is 12.1 Å². The molecule has 1 aromatic carbocycles. The number of halogens is 5. The van der Waals surface area contributed by atoms with Crippen LogP contribution < -0.4 is 11.3 Å². The summed E-state index contributed by atoms with van der Waals surface area (Å²) in [5, 5.41) is 0. The first-order valence-corrected chi connectivity index (χ1v) is 4.73. The standard InChI is InChI=1S/C10H11F5N2/c1-5-2-3-6(11)8(9(5)12)7(17-16)4-10(13,14)15/h2-3,7,17H,4,16H2,1H3. The van der Waals surface area contributed by atoms with E-state index in [4.69, 9.17) is 5.84 Å². The van der Waals surface area contributed by atoms with Gasteiger partial charge < -0.3 is 0 Å². The molecule has 0 radical (unpaired) electrons. The van der Waals surface area contributed by atoms with Gasteiger partial charge in [-0.3, -0.25) is 11.3 Å². The minimum atomic E-state index is -4.57. The number of benzene rings is 1. The molecule has 96 valence electrons. The molecule has 0 fully saturated rings. The van der Waals surface area contributed by atoms with Crippen molar-refractivity contribution in [1.82, 2.24) is 5.43 Å². The molecule has 0 spiro atoms. The molecule has 0 heterocycles. The van der Waals surface area contributed by atoms with E-state index in [1.807, 2.05) is 0 Å². The van der Waals surface area contributed by atoms with Gasteiger partial charge in [0.2, 0.25) is 0 Å². The Kier molecular flexibility index (Phi) is 4.05. The van der Waals surface area contributed by atoms with E-state index in [1.54, 1.807) is 5.43 Å². The summed E-state index contributed by atoms with van der Waals surface area (Å²) in [7, 11) is 0. The van der Waals surface area contributed by atoms with Gasteiger partial charge >= 0.3 is 6.18 Å².